The van der Waals surface area contributed by atoms with Crippen molar-refractivity contribution in [2.24, 2.45) is 0 Å². The number of fused-ring (bicyclic) bond motifs is 6. The van der Waals surface area contributed by atoms with Gasteiger partial charge in [0.05, 0.1) is 34.4 Å². The molecule has 8 rings (SSSR count). The second kappa shape index (κ2) is 12.3. The molecule has 1 aliphatic rings. The van der Waals surface area contributed by atoms with Gasteiger partial charge in [0.15, 0.2) is 0 Å². The molecule has 4 aromatic heterocycles. The summed E-state index contributed by atoms with van der Waals surface area (Å²) in [4.78, 5) is 15.3. The average Bonchev–Trinajstić information content (AvgIpc) is 3.68. The van der Waals surface area contributed by atoms with Crippen molar-refractivity contribution in [2.75, 3.05) is 44.3 Å². The molecule has 0 spiro atoms. The van der Waals surface area contributed by atoms with Crippen LogP contribution in [0.25, 0.3) is 66.4 Å². The average molecular weight is 715 g/mol. The Kier molecular flexibility index (Phi) is 8.02. The van der Waals surface area contributed by atoms with E-state index in [1.54, 1.807) is 43.4 Å². The zero-order valence-corrected chi connectivity index (χ0v) is 28.7. The molecule has 0 aliphatic carbocycles. The van der Waals surface area contributed by atoms with Crippen LogP contribution in [0, 0.1) is 11.6 Å². The fourth-order valence-electron chi connectivity index (χ4n) is 6.91. The number of halogens is 3. The highest BCUT2D eigenvalue weighted by molar-refractivity contribution is 7.92. The molecule has 5 heterocycles. The number of aromatic nitrogens is 3. The maximum absolute atomic E-state index is 15.4. The largest absolute Gasteiger partial charge is 0.456 e. The molecule has 0 bridgehead atoms. The van der Waals surface area contributed by atoms with Gasteiger partial charge >= 0.3 is 0 Å². The lowest BCUT2D eigenvalue weighted by Crippen LogP contribution is -2.48. The van der Waals surface area contributed by atoms with Crippen LogP contribution < -0.4 is 9.62 Å². The van der Waals surface area contributed by atoms with Gasteiger partial charge in [-0.25, -0.2) is 26.6 Å². The van der Waals surface area contributed by atoms with E-state index in [9.17, 15) is 22.3 Å². The topological polar surface area (TPSA) is 128 Å². The van der Waals surface area contributed by atoms with E-state index >= 15 is 4.39 Å². The van der Waals surface area contributed by atoms with E-state index in [0.29, 0.717) is 92.4 Å². The zero-order valence-electron chi connectivity index (χ0n) is 27.8. The third-order valence-corrected chi connectivity index (χ3v) is 10.8. The zero-order chi connectivity index (χ0) is 35.8. The van der Waals surface area contributed by atoms with Gasteiger partial charge in [0.1, 0.15) is 40.9 Å². The maximum atomic E-state index is 15.4. The number of alkyl halides is 1. The Balaban J connectivity index is 1.37. The Morgan fingerprint density at radius 2 is 1.84 bits per heavy atom. The first-order valence-corrected chi connectivity index (χ1v) is 18.2. The number of H-pyrrole nitrogens is 1. The highest BCUT2D eigenvalue weighted by Gasteiger charge is 2.28. The van der Waals surface area contributed by atoms with E-state index in [1.165, 1.54) is 37.4 Å². The third-order valence-electron chi connectivity index (χ3n) is 9.62. The molecular weight excluding hydrogens is 682 g/mol. The quantitative estimate of drug-likeness (QED) is 0.146. The number of aliphatic hydroxyl groups excluding tert-OH is 1. The molecule has 1 fully saturated rings. The Morgan fingerprint density at radius 3 is 2.55 bits per heavy atom. The number of furan rings is 1. The number of sulfonamides is 1. The van der Waals surface area contributed by atoms with Gasteiger partial charge in [-0.2, -0.15) is 0 Å². The van der Waals surface area contributed by atoms with Gasteiger partial charge in [0.2, 0.25) is 10.0 Å². The lowest BCUT2D eigenvalue weighted by atomic mass is 10.00. The number of pyridine rings is 2. The van der Waals surface area contributed by atoms with E-state index in [4.69, 9.17) is 14.4 Å². The lowest BCUT2D eigenvalue weighted by Gasteiger charge is -2.34. The number of nitrogens with one attached hydrogen (secondary N) is 2. The Bertz CT molecular complexity index is 2600. The first kappa shape index (κ1) is 33.1. The van der Waals surface area contributed by atoms with Crippen molar-refractivity contribution in [3.8, 4) is 22.6 Å². The molecule has 1 atom stereocenters. The van der Waals surface area contributed by atoms with Gasteiger partial charge < -0.3 is 14.5 Å². The Morgan fingerprint density at radius 1 is 1.08 bits per heavy atom. The Hall–Kier alpha value is -5.02. The van der Waals surface area contributed by atoms with Crippen LogP contribution in [0.1, 0.15) is 17.5 Å². The fourth-order valence-corrected chi connectivity index (χ4v) is 7.42. The van der Waals surface area contributed by atoms with Crippen LogP contribution >= 0.6 is 0 Å². The van der Waals surface area contributed by atoms with E-state index in [2.05, 4.69) is 10.3 Å². The van der Waals surface area contributed by atoms with Crippen LogP contribution in [0.15, 0.2) is 71.1 Å². The number of hydrogen-bond donors (Lipinski definition) is 3. The highest BCUT2D eigenvalue weighted by atomic mass is 32.2. The van der Waals surface area contributed by atoms with Crippen molar-refractivity contribution < 1.29 is 31.1 Å². The summed E-state index contributed by atoms with van der Waals surface area (Å²) >= 11 is 0. The van der Waals surface area contributed by atoms with Crippen LogP contribution in [-0.4, -0.2) is 79.5 Å². The van der Waals surface area contributed by atoms with Gasteiger partial charge in [0, 0.05) is 77.5 Å². The minimum absolute atomic E-state index is 0.256. The Labute approximate surface area is 290 Å². The van der Waals surface area contributed by atoms with Gasteiger partial charge in [-0.15, -0.1) is 0 Å². The van der Waals surface area contributed by atoms with Crippen LogP contribution in [0.5, 0.6) is 0 Å². The van der Waals surface area contributed by atoms with Crippen LogP contribution in [-0.2, 0) is 16.4 Å². The summed E-state index contributed by atoms with van der Waals surface area (Å²) < 4.78 is 76.1. The summed E-state index contributed by atoms with van der Waals surface area (Å²) in [6.07, 6.45) is -0.491. The van der Waals surface area contributed by atoms with E-state index < -0.39 is 34.1 Å². The smallest absolute Gasteiger partial charge is 0.232 e. The number of nitrogens with zero attached hydrogens (tertiary/aromatic N) is 4. The highest BCUT2D eigenvalue weighted by Crippen LogP contribution is 2.43. The van der Waals surface area contributed by atoms with Crippen molar-refractivity contribution >= 4 is 59.5 Å². The van der Waals surface area contributed by atoms with Crippen LogP contribution in [0.2, 0.25) is 0 Å². The SMILES string of the molecule is CNC(O)c1c(-c2ccc(F)cc2)oc2cc(N(C)S(C)(=O)=O)c(-c3ccc4nc(CCN5CC(F)C5)c5c([nH]c6cccc(F)c65)c4n3)cc12. The van der Waals surface area contributed by atoms with Gasteiger partial charge in [-0.3, -0.25) is 19.5 Å². The molecule has 0 amide bonds. The summed E-state index contributed by atoms with van der Waals surface area (Å²) in [5.74, 6) is -0.575. The number of aromatic amines is 1. The molecule has 1 aliphatic heterocycles. The third kappa shape index (κ3) is 5.68. The van der Waals surface area contributed by atoms with Gasteiger partial charge in [-0.05, 0) is 61.6 Å². The summed E-state index contributed by atoms with van der Waals surface area (Å²) in [6, 6.07) is 17.2. The van der Waals surface area contributed by atoms with Crippen molar-refractivity contribution in [3.63, 3.8) is 0 Å². The molecule has 0 saturated carbocycles. The lowest BCUT2D eigenvalue weighted by molar-refractivity contribution is 0.0669. The first-order valence-electron chi connectivity index (χ1n) is 16.3. The molecule has 3 N–H and O–H groups in total. The molecule has 3 aromatic carbocycles. The molecule has 1 saturated heterocycles. The molecule has 1 unspecified atom stereocenters. The molecule has 10 nitrogen and oxygen atoms in total. The number of anilines is 1. The number of aliphatic hydroxyl groups is 1. The summed E-state index contributed by atoms with van der Waals surface area (Å²) in [7, 11) is -0.786. The second-order valence-electron chi connectivity index (χ2n) is 12.9. The molecule has 0 radical (unpaired) electrons. The van der Waals surface area contributed by atoms with Crippen molar-refractivity contribution in [1.29, 1.82) is 0 Å². The van der Waals surface area contributed by atoms with E-state index in [-0.39, 0.29) is 17.0 Å². The molecule has 262 valence electrons. The summed E-state index contributed by atoms with van der Waals surface area (Å²) in [5.41, 5.74) is 4.98. The first-order chi connectivity index (χ1) is 24.4. The van der Waals surface area contributed by atoms with Crippen molar-refractivity contribution in [2.45, 2.75) is 18.8 Å². The van der Waals surface area contributed by atoms with E-state index in [0.717, 1.165) is 10.6 Å². The number of benzene rings is 3. The van der Waals surface area contributed by atoms with Gasteiger partial charge in [0.25, 0.3) is 0 Å². The second-order valence-corrected chi connectivity index (χ2v) is 14.9. The van der Waals surface area contributed by atoms with Crippen LogP contribution in [0.4, 0.5) is 18.9 Å². The summed E-state index contributed by atoms with van der Waals surface area (Å²) in [6.45, 7) is 1.27. The minimum atomic E-state index is -3.78. The predicted octanol–water partition coefficient (Wildman–Crippen LogP) is 6.43. The summed E-state index contributed by atoms with van der Waals surface area (Å²) in [5, 5.41) is 15.4. The standard InChI is InChI=1S/C37H33F3N6O4S/c1-41-37(47)31-23-15-22(29(45(2)51(3,48)49)16-30(23)50-36(31)19-7-9-20(38)10-8-19)25-11-12-28-34(43-25)35-33(32-24(40)5-4-6-26(32)44-35)27(42-28)13-14-46-17-21(39)18-46/h4-12,15-16,21,37,41,44,47H,13-14,17-18H2,1-3H3. The molecule has 14 heteroatoms. The van der Waals surface area contributed by atoms with Crippen LogP contribution in [0.3, 0.4) is 0 Å². The van der Waals surface area contributed by atoms with Crippen molar-refractivity contribution in [1.82, 2.24) is 25.2 Å². The minimum Gasteiger partial charge on any atom is -0.456 e. The van der Waals surface area contributed by atoms with Gasteiger partial charge in [-0.1, -0.05) is 6.07 Å². The van der Waals surface area contributed by atoms with Crippen molar-refractivity contribution in [3.05, 3.63) is 89.6 Å². The predicted molar refractivity (Wildman–Crippen MR) is 192 cm³/mol. The maximum Gasteiger partial charge on any atom is 0.232 e. The molecule has 51 heavy (non-hydrogen) atoms. The monoisotopic (exact) mass is 714 g/mol. The molecular formula is C37H33F3N6O4S. The number of likely N-dealkylation sites (tertiary alicyclic amines) is 1. The normalized spacial score (nSPS) is 15.0. The number of rotatable bonds is 9. The molecule has 7 aromatic rings. The van der Waals surface area contributed by atoms with E-state index in [1.807, 2.05) is 4.90 Å². The fraction of sp³-hybridized carbons (Fsp3) is 0.243. The number of hydrogen-bond acceptors (Lipinski definition) is 8.